The molecule has 4 heteroatoms. The molecule has 0 aliphatic carbocycles. The summed E-state index contributed by atoms with van der Waals surface area (Å²) >= 11 is 0. The van der Waals surface area contributed by atoms with Gasteiger partial charge in [-0.2, -0.15) is 0 Å². The van der Waals surface area contributed by atoms with Crippen LogP contribution in [0.2, 0.25) is 0 Å². The van der Waals surface area contributed by atoms with Gasteiger partial charge in [-0.15, -0.1) is 0 Å². The van der Waals surface area contributed by atoms with Crippen LogP contribution in [-0.2, 0) is 15.4 Å². The third-order valence-corrected chi connectivity index (χ3v) is 5.14. The van der Waals surface area contributed by atoms with Crippen molar-refractivity contribution < 1.29 is 8.42 Å². The van der Waals surface area contributed by atoms with Crippen molar-refractivity contribution >= 4 is 10.0 Å². The van der Waals surface area contributed by atoms with Crippen molar-refractivity contribution in [2.45, 2.75) is 65.3 Å². The van der Waals surface area contributed by atoms with E-state index in [9.17, 15) is 8.42 Å². The lowest BCUT2D eigenvalue weighted by molar-refractivity contribution is 0.489. The molecule has 0 radical (unpaired) electrons. The van der Waals surface area contributed by atoms with E-state index in [-0.39, 0.29) is 17.1 Å². The lowest BCUT2D eigenvalue weighted by Crippen LogP contribution is -2.42. The van der Waals surface area contributed by atoms with Gasteiger partial charge in [0, 0.05) is 5.54 Å². The second kappa shape index (κ2) is 6.09. The third-order valence-electron chi connectivity index (χ3n) is 3.28. The molecule has 0 aliphatic rings. The van der Waals surface area contributed by atoms with E-state index in [1.807, 2.05) is 39.8 Å². The molecule has 0 aromatic heterocycles. The van der Waals surface area contributed by atoms with Crippen LogP contribution in [0, 0.1) is 0 Å². The summed E-state index contributed by atoms with van der Waals surface area (Å²) in [5.74, 6) is 0.0814. The highest BCUT2D eigenvalue weighted by Gasteiger charge is 2.23. The van der Waals surface area contributed by atoms with E-state index in [2.05, 4.69) is 37.6 Å². The summed E-state index contributed by atoms with van der Waals surface area (Å²) in [7, 11) is -3.28. The smallest absolute Gasteiger partial charge is 0.212 e. The van der Waals surface area contributed by atoms with Gasteiger partial charge in [-0.25, -0.2) is 13.1 Å². The largest absolute Gasteiger partial charge is 0.212 e. The second-order valence-corrected chi connectivity index (χ2v) is 9.67. The molecule has 0 amide bonds. The standard InChI is InChI=1S/C17H29NO2S/c1-13(12-21(19,20)18-17(5,6)7)14-8-10-15(11-9-14)16(2,3)4/h8-11,13,18H,12H2,1-7H3. The number of nitrogens with one attached hydrogen (secondary N) is 1. The molecule has 0 bridgehead atoms. The van der Waals surface area contributed by atoms with Crippen LogP contribution < -0.4 is 4.72 Å². The first-order chi connectivity index (χ1) is 9.30. The minimum atomic E-state index is -3.28. The molecule has 3 nitrogen and oxygen atoms in total. The fraction of sp³-hybridized carbons (Fsp3) is 0.647. The first-order valence-electron chi connectivity index (χ1n) is 7.42. The van der Waals surface area contributed by atoms with Gasteiger partial charge in [0.15, 0.2) is 0 Å². The van der Waals surface area contributed by atoms with Crippen LogP contribution in [-0.4, -0.2) is 19.7 Å². The summed E-state index contributed by atoms with van der Waals surface area (Å²) in [6.07, 6.45) is 0. The Morgan fingerprint density at radius 1 is 1.00 bits per heavy atom. The van der Waals surface area contributed by atoms with E-state index in [0.717, 1.165) is 5.56 Å². The molecule has 1 rings (SSSR count). The van der Waals surface area contributed by atoms with Crippen LogP contribution in [0.1, 0.15) is 65.5 Å². The van der Waals surface area contributed by atoms with Crippen LogP contribution in [0.5, 0.6) is 0 Å². The maximum Gasteiger partial charge on any atom is 0.212 e. The SMILES string of the molecule is CC(CS(=O)(=O)NC(C)(C)C)c1ccc(C(C)(C)C)cc1. The first-order valence-corrected chi connectivity index (χ1v) is 9.07. The Kier molecular flexibility index (Phi) is 5.27. The summed E-state index contributed by atoms with van der Waals surface area (Å²) in [5, 5.41) is 0. The summed E-state index contributed by atoms with van der Waals surface area (Å²) in [6, 6.07) is 8.26. The third kappa shape index (κ3) is 6.18. The van der Waals surface area contributed by atoms with Gasteiger partial charge in [-0.1, -0.05) is 52.0 Å². The number of rotatable bonds is 4. The Hall–Kier alpha value is -0.870. The normalized spacial score (nSPS) is 15.0. The fourth-order valence-corrected chi connectivity index (χ4v) is 4.11. The molecule has 0 fully saturated rings. The average molecular weight is 311 g/mol. The molecular weight excluding hydrogens is 282 g/mol. The van der Waals surface area contributed by atoms with Crippen molar-refractivity contribution in [3.63, 3.8) is 0 Å². The molecular formula is C17H29NO2S. The number of benzene rings is 1. The van der Waals surface area contributed by atoms with E-state index in [1.54, 1.807) is 0 Å². The van der Waals surface area contributed by atoms with Crippen LogP contribution in [0.15, 0.2) is 24.3 Å². The van der Waals surface area contributed by atoms with Crippen LogP contribution in [0.4, 0.5) is 0 Å². The van der Waals surface area contributed by atoms with Gasteiger partial charge in [-0.05, 0) is 43.2 Å². The van der Waals surface area contributed by atoms with Crippen molar-refractivity contribution in [3.05, 3.63) is 35.4 Å². The summed E-state index contributed by atoms with van der Waals surface area (Å²) in [5.41, 5.74) is 1.99. The Morgan fingerprint density at radius 2 is 1.48 bits per heavy atom. The van der Waals surface area contributed by atoms with Gasteiger partial charge in [0.1, 0.15) is 0 Å². The van der Waals surface area contributed by atoms with Crippen molar-refractivity contribution in [1.82, 2.24) is 4.72 Å². The second-order valence-electron chi connectivity index (χ2n) is 7.91. The van der Waals surface area contributed by atoms with Gasteiger partial charge < -0.3 is 0 Å². The summed E-state index contributed by atoms with van der Waals surface area (Å²) < 4.78 is 27.0. The minimum absolute atomic E-state index is 0.0288. The van der Waals surface area contributed by atoms with Crippen molar-refractivity contribution in [2.75, 3.05) is 5.75 Å². The lowest BCUT2D eigenvalue weighted by atomic mass is 9.86. The molecule has 1 aromatic carbocycles. The molecule has 1 atom stereocenters. The first kappa shape index (κ1) is 18.2. The molecule has 21 heavy (non-hydrogen) atoms. The van der Waals surface area contributed by atoms with E-state index < -0.39 is 15.6 Å². The average Bonchev–Trinajstić information content (AvgIpc) is 2.23. The van der Waals surface area contributed by atoms with Crippen molar-refractivity contribution in [2.24, 2.45) is 0 Å². The number of hydrogen-bond donors (Lipinski definition) is 1. The van der Waals surface area contributed by atoms with Gasteiger partial charge in [0.2, 0.25) is 10.0 Å². The molecule has 1 aromatic rings. The van der Waals surface area contributed by atoms with Crippen molar-refractivity contribution in [3.8, 4) is 0 Å². The molecule has 0 saturated heterocycles. The Bertz CT molecular complexity index is 560. The van der Waals surface area contributed by atoms with Crippen molar-refractivity contribution in [1.29, 1.82) is 0 Å². The van der Waals surface area contributed by atoms with Crippen LogP contribution in [0.3, 0.4) is 0 Å². The van der Waals surface area contributed by atoms with E-state index >= 15 is 0 Å². The zero-order valence-electron chi connectivity index (χ0n) is 14.3. The van der Waals surface area contributed by atoms with E-state index in [4.69, 9.17) is 0 Å². The quantitative estimate of drug-likeness (QED) is 0.919. The minimum Gasteiger partial charge on any atom is -0.212 e. The highest BCUT2D eigenvalue weighted by atomic mass is 32.2. The van der Waals surface area contributed by atoms with Gasteiger partial charge >= 0.3 is 0 Å². The van der Waals surface area contributed by atoms with Gasteiger partial charge in [-0.3, -0.25) is 0 Å². The maximum absolute atomic E-state index is 12.1. The zero-order valence-corrected chi connectivity index (χ0v) is 15.1. The zero-order chi connectivity index (χ0) is 16.5. The van der Waals surface area contributed by atoms with Gasteiger partial charge in [0.05, 0.1) is 5.75 Å². The molecule has 0 saturated carbocycles. The predicted molar refractivity (Wildman–Crippen MR) is 90.2 cm³/mol. The Labute approximate surface area is 130 Å². The lowest BCUT2D eigenvalue weighted by Gasteiger charge is -2.23. The maximum atomic E-state index is 12.1. The molecule has 0 heterocycles. The van der Waals surface area contributed by atoms with Gasteiger partial charge in [0.25, 0.3) is 0 Å². The highest BCUT2D eigenvalue weighted by molar-refractivity contribution is 7.89. The van der Waals surface area contributed by atoms with Crippen LogP contribution >= 0.6 is 0 Å². The van der Waals surface area contributed by atoms with E-state index in [0.29, 0.717) is 0 Å². The topological polar surface area (TPSA) is 46.2 Å². The fourth-order valence-electron chi connectivity index (χ4n) is 2.25. The van der Waals surface area contributed by atoms with Crippen LogP contribution in [0.25, 0.3) is 0 Å². The molecule has 120 valence electrons. The molecule has 0 spiro atoms. The molecule has 0 aliphatic heterocycles. The Morgan fingerprint density at radius 3 is 1.86 bits per heavy atom. The predicted octanol–water partition coefficient (Wildman–Crippen LogP) is 3.81. The highest BCUT2D eigenvalue weighted by Crippen LogP contribution is 2.25. The van der Waals surface area contributed by atoms with E-state index in [1.165, 1.54) is 5.56 Å². The summed E-state index contributed by atoms with van der Waals surface area (Å²) in [6.45, 7) is 14.0. The Balaban J connectivity index is 2.83. The molecule has 1 N–H and O–H groups in total. The summed E-state index contributed by atoms with van der Waals surface area (Å²) in [4.78, 5) is 0. The number of hydrogen-bond acceptors (Lipinski definition) is 2. The molecule has 1 unspecified atom stereocenters. The number of sulfonamides is 1. The monoisotopic (exact) mass is 311 g/mol.